The number of nitrogens with one attached hydrogen (secondary N) is 1. The Kier molecular flexibility index (Phi) is 6.52. The number of phenols is 1. The van der Waals surface area contributed by atoms with E-state index in [-0.39, 0.29) is 23.8 Å². The van der Waals surface area contributed by atoms with Crippen molar-refractivity contribution in [1.82, 2.24) is 5.32 Å². The quantitative estimate of drug-likeness (QED) is 0.753. The van der Waals surface area contributed by atoms with Crippen molar-refractivity contribution in [2.45, 2.75) is 45.7 Å². The minimum Gasteiger partial charge on any atom is -0.508 e. The van der Waals surface area contributed by atoms with Gasteiger partial charge in [0.25, 0.3) is 0 Å². The lowest BCUT2D eigenvalue weighted by molar-refractivity contribution is -0.143. The van der Waals surface area contributed by atoms with Crippen molar-refractivity contribution >= 4 is 5.97 Å². The highest BCUT2D eigenvalue weighted by Crippen LogP contribution is 2.21. The number of carbonyl (C=O) groups is 1. The molecule has 0 bridgehead atoms. The summed E-state index contributed by atoms with van der Waals surface area (Å²) >= 11 is 0. The smallest absolute Gasteiger partial charge is 0.322 e. The van der Waals surface area contributed by atoms with E-state index < -0.39 is 0 Å². The zero-order valence-electron chi connectivity index (χ0n) is 12.7. The third-order valence-corrected chi connectivity index (χ3v) is 3.30. The van der Waals surface area contributed by atoms with Crippen LogP contribution in [0.15, 0.2) is 24.3 Å². The lowest BCUT2D eigenvalue weighted by Crippen LogP contribution is -2.40. The van der Waals surface area contributed by atoms with E-state index in [2.05, 4.69) is 26.1 Å². The topological polar surface area (TPSA) is 58.6 Å². The van der Waals surface area contributed by atoms with Crippen molar-refractivity contribution in [2.75, 3.05) is 7.11 Å². The van der Waals surface area contributed by atoms with E-state index in [4.69, 9.17) is 4.74 Å². The predicted octanol–water partition coefficient (Wildman–Crippen LogP) is 3.02. The normalized spacial score (nSPS) is 14.1. The minimum atomic E-state index is -0.307. The van der Waals surface area contributed by atoms with Gasteiger partial charge in [-0.05, 0) is 36.5 Å². The number of methoxy groups -OCH3 is 1. The highest BCUT2D eigenvalue weighted by atomic mass is 16.5. The molecule has 112 valence electrons. The molecule has 2 atom stereocenters. The molecule has 0 heterocycles. The van der Waals surface area contributed by atoms with Crippen molar-refractivity contribution in [3.05, 3.63) is 29.8 Å². The third kappa shape index (κ3) is 4.85. The number of ether oxygens (including phenoxy) is 1. The van der Waals surface area contributed by atoms with E-state index in [1.54, 1.807) is 12.1 Å². The molecule has 1 aromatic rings. The van der Waals surface area contributed by atoms with E-state index in [0.29, 0.717) is 5.92 Å². The Labute approximate surface area is 121 Å². The second-order valence-electron chi connectivity index (χ2n) is 5.42. The molecule has 2 unspecified atom stereocenters. The number of phenolic OH excluding ortho intramolecular Hbond substituents is 1. The number of benzene rings is 1. The molecular weight excluding hydrogens is 254 g/mol. The summed E-state index contributed by atoms with van der Waals surface area (Å²) in [7, 11) is 1.42. The van der Waals surface area contributed by atoms with Crippen molar-refractivity contribution in [3.63, 3.8) is 0 Å². The highest BCUT2D eigenvalue weighted by Gasteiger charge is 2.23. The maximum atomic E-state index is 11.9. The summed E-state index contributed by atoms with van der Waals surface area (Å²) in [6.45, 7) is 6.23. The van der Waals surface area contributed by atoms with E-state index in [9.17, 15) is 9.90 Å². The molecule has 0 saturated heterocycles. The summed E-state index contributed by atoms with van der Waals surface area (Å²) in [5, 5.41) is 12.7. The van der Waals surface area contributed by atoms with Crippen LogP contribution in [0.2, 0.25) is 0 Å². The number of carbonyl (C=O) groups excluding carboxylic acids is 1. The molecule has 1 aromatic carbocycles. The van der Waals surface area contributed by atoms with E-state index in [1.165, 1.54) is 7.11 Å². The minimum absolute atomic E-state index is 0.0680. The molecule has 0 amide bonds. The van der Waals surface area contributed by atoms with E-state index in [0.717, 1.165) is 18.4 Å². The van der Waals surface area contributed by atoms with Crippen molar-refractivity contribution in [1.29, 1.82) is 0 Å². The van der Waals surface area contributed by atoms with Crippen LogP contribution in [0.4, 0.5) is 0 Å². The van der Waals surface area contributed by atoms with Gasteiger partial charge in [-0.1, -0.05) is 32.9 Å². The van der Waals surface area contributed by atoms with Gasteiger partial charge in [-0.25, -0.2) is 0 Å². The summed E-state index contributed by atoms with van der Waals surface area (Å²) in [5.74, 6) is 0.426. The van der Waals surface area contributed by atoms with Gasteiger partial charge in [-0.2, -0.15) is 0 Å². The van der Waals surface area contributed by atoms with Gasteiger partial charge in [0, 0.05) is 6.04 Å². The first kappa shape index (κ1) is 16.5. The molecule has 4 nitrogen and oxygen atoms in total. The predicted molar refractivity (Wildman–Crippen MR) is 79.5 cm³/mol. The van der Waals surface area contributed by atoms with Gasteiger partial charge in [0.05, 0.1) is 7.11 Å². The Bertz CT molecular complexity index is 414. The Hall–Kier alpha value is -1.55. The summed E-state index contributed by atoms with van der Waals surface area (Å²) in [6, 6.07) is 6.84. The van der Waals surface area contributed by atoms with Crippen LogP contribution < -0.4 is 5.32 Å². The van der Waals surface area contributed by atoms with Crippen molar-refractivity contribution < 1.29 is 14.6 Å². The molecule has 0 spiro atoms. The van der Waals surface area contributed by atoms with Crippen LogP contribution in [0, 0.1) is 5.92 Å². The van der Waals surface area contributed by atoms with Gasteiger partial charge in [-0.15, -0.1) is 0 Å². The second kappa shape index (κ2) is 7.90. The number of hydrogen-bond acceptors (Lipinski definition) is 4. The lowest BCUT2D eigenvalue weighted by atomic mass is 9.99. The van der Waals surface area contributed by atoms with Crippen molar-refractivity contribution in [3.8, 4) is 5.75 Å². The summed E-state index contributed by atoms with van der Waals surface area (Å²) in [4.78, 5) is 11.9. The summed E-state index contributed by atoms with van der Waals surface area (Å²) in [5.41, 5.74) is 1.06. The van der Waals surface area contributed by atoms with Crippen molar-refractivity contribution in [2.24, 2.45) is 5.92 Å². The third-order valence-electron chi connectivity index (χ3n) is 3.30. The molecular formula is C16H25NO3. The maximum absolute atomic E-state index is 11.9. The molecule has 0 saturated carbocycles. The van der Waals surface area contributed by atoms with Crippen LogP contribution in [0.25, 0.3) is 0 Å². The molecule has 0 radical (unpaired) electrons. The van der Waals surface area contributed by atoms with Gasteiger partial charge in [-0.3, -0.25) is 10.1 Å². The fourth-order valence-corrected chi connectivity index (χ4v) is 2.25. The number of hydrogen-bond donors (Lipinski definition) is 2. The molecule has 0 aliphatic rings. The Morgan fingerprint density at radius 1 is 1.30 bits per heavy atom. The summed E-state index contributed by atoms with van der Waals surface area (Å²) < 4.78 is 4.87. The molecule has 0 aliphatic carbocycles. The Balaban J connectivity index is 2.82. The van der Waals surface area contributed by atoms with Crippen LogP contribution in [0.3, 0.4) is 0 Å². The number of esters is 1. The number of rotatable bonds is 7. The van der Waals surface area contributed by atoms with Crippen LogP contribution >= 0.6 is 0 Å². The van der Waals surface area contributed by atoms with Gasteiger partial charge < -0.3 is 9.84 Å². The van der Waals surface area contributed by atoms with Gasteiger partial charge in [0.2, 0.25) is 0 Å². The van der Waals surface area contributed by atoms with Crippen LogP contribution in [0.5, 0.6) is 5.75 Å². The van der Waals surface area contributed by atoms with Gasteiger partial charge >= 0.3 is 5.97 Å². The molecule has 0 aliphatic heterocycles. The fraction of sp³-hybridized carbons (Fsp3) is 0.562. The SMILES string of the molecule is CCC(NC(CC(C)C)C(=O)OC)c1ccc(O)cc1. The van der Waals surface area contributed by atoms with Gasteiger partial charge in [0.15, 0.2) is 0 Å². The zero-order chi connectivity index (χ0) is 15.1. The number of aromatic hydroxyl groups is 1. The monoisotopic (exact) mass is 279 g/mol. The molecule has 0 fully saturated rings. The molecule has 1 rings (SSSR count). The van der Waals surface area contributed by atoms with Crippen LogP contribution in [-0.4, -0.2) is 24.2 Å². The van der Waals surface area contributed by atoms with E-state index in [1.807, 2.05) is 12.1 Å². The van der Waals surface area contributed by atoms with Crippen LogP contribution in [-0.2, 0) is 9.53 Å². The fourth-order valence-electron chi connectivity index (χ4n) is 2.25. The lowest BCUT2D eigenvalue weighted by Gasteiger charge is -2.25. The largest absolute Gasteiger partial charge is 0.508 e. The molecule has 2 N–H and O–H groups in total. The zero-order valence-corrected chi connectivity index (χ0v) is 12.7. The first-order chi connectivity index (χ1) is 9.47. The first-order valence-corrected chi connectivity index (χ1v) is 7.10. The Morgan fingerprint density at radius 2 is 1.90 bits per heavy atom. The standard InChI is InChI=1S/C16H25NO3/c1-5-14(12-6-8-13(18)9-7-12)17-15(10-11(2)3)16(19)20-4/h6-9,11,14-15,17-18H,5,10H2,1-4H3. The van der Waals surface area contributed by atoms with Crippen LogP contribution in [0.1, 0.15) is 45.2 Å². The Morgan fingerprint density at radius 3 is 2.35 bits per heavy atom. The first-order valence-electron chi connectivity index (χ1n) is 7.10. The molecule has 0 aromatic heterocycles. The second-order valence-corrected chi connectivity index (χ2v) is 5.42. The van der Waals surface area contributed by atoms with Gasteiger partial charge in [0.1, 0.15) is 11.8 Å². The highest BCUT2D eigenvalue weighted by molar-refractivity contribution is 5.75. The molecule has 4 heteroatoms. The average Bonchev–Trinajstić information content (AvgIpc) is 2.43. The molecule has 20 heavy (non-hydrogen) atoms. The van der Waals surface area contributed by atoms with E-state index >= 15 is 0 Å². The average molecular weight is 279 g/mol. The summed E-state index contributed by atoms with van der Waals surface area (Å²) in [6.07, 6.45) is 1.59. The maximum Gasteiger partial charge on any atom is 0.322 e.